The fourth-order valence-electron chi connectivity index (χ4n) is 1.12. The lowest BCUT2D eigenvalue weighted by Gasteiger charge is -2.19. The van der Waals surface area contributed by atoms with Gasteiger partial charge >= 0.3 is 0 Å². The molecule has 16 heavy (non-hydrogen) atoms. The summed E-state index contributed by atoms with van der Waals surface area (Å²) in [6, 6.07) is -0.163. The second kappa shape index (κ2) is 4.93. The molecule has 90 valence electrons. The molecular weight excluding hydrogens is 224 g/mol. The summed E-state index contributed by atoms with van der Waals surface area (Å²) >= 11 is 1.59. The quantitative estimate of drug-likeness (QED) is 0.844. The number of amides is 1. The number of rotatable bonds is 4. The van der Waals surface area contributed by atoms with E-state index in [4.69, 9.17) is 0 Å². The Morgan fingerprint density at radius 3 is 2.75 bits per heavy atom. The summed E-state index contributed by atoms with van der Waals surface area (Å²) in [6.45, 7) is 6.86. The van der Waals surface area contributed by atoms with Crippen LogP contribution in [-0.2, 0) is 11.2 Å². The van der Waals surface area contributed by atoms with Crippen molar-refractivity contribution in [2.75, 3.05) is 0 Å². The first-order valence-corrected chi connectivity index (χ1v) is 6.14. The van der Waals surface area contributed by atoms with Crippen molar-refractivity contribution in [1.29, 1.82) is 0 Å². The van der Waals surface area contributed by atoms with Gasteiger partial charge in [-0.25, -0.2) is 4.98 Å². The van der Waals surface area contributed by atoms with Gasteiger partial charge in [-0.3, -0.25) is 4.79 Å². The first-order valence-electron chi connectivity index (χ1n) is 5.32. The lowest BCUT2D eigenvalue weighted by atomic mass is 10.1. The van der Waals surface area contributed by atoms with Crippen molar-refractivity contribution in [2.24, 2.45) is 0 Å². The number of hydrogen-bond donors (Lipinski definition) is 2. The molecule has 1 aromatic rings. The summed E-state index contributed by atoms with van der Waals surface area (Å²) in [5, 5.41) is 13.1. The standard InChI is InChI=1S/C11H18N2O2S/c1-5-8-6-12-9(16-8)7(2)13-10(14)11(3,4)15/h6-7,15H,5H2,1-4H3,(H,13,14). The van der Waals surface area contributed by atoms with Gasteiger partial charge < -0.3 is 10.4 Å². The molecule has 1 rings (SSSR count). The van der Waals surface area contributed by atoms with Crippen LogP contribution in [0.4, 0.5) is 0 Å². The zero-order valence-corrected chi connectivity index (χ0v) is 10.9. The van der Waals surface area contributed by atoms with Crippen molar-refractivity contribution >= 4 is 17.2 Å². The fraction of sp³-hybridized carbons (Fsp3) is 0.636. The summed E-state index contributed by atoms with van der Waals surface area (Å²) < 4.78 is 0. The van der Waals surface area contributed by atoms with Crippen LogP contribution in [0, 0.1) is 0 Å². The average Bonchev–Trinajstić information content (AvgIpc) is 2.64. The Bertz CT molecular complexity index is 368. The van der Waals surface area contributed by atoms with Gasteiger partial charge in [0, 0.05) is 11.1 Å². The van der Waals surface area contributed by atoms with Gasteiger partial charge in [-0.15, -0.1) is 11.3 Å². The van der Waals surface area contributed by atoms with Crippen molar-refractivity contribution in [3.8, 4) is 0 Å². The van der Waals surface area contributed by atoms with Gasteiger partial charge in [0.1, 0.15) is 10.6 Å². The van der Waals surface area contributed by atoms with Crippen LogP contribution in [0.5, 0.6) is 0 Å². The lowest BCUT2D eigenvalue weighted by Crippen LogP contribution is -2.42. The molecule has 0 radical (unpaired) electrons. The molecule has 1 heterocycles. The molecule has 0 bridgehead atoms. The second-order valence-electron chi connectivity index (χ2n) is 4.27. The van der Waals surface area contributed by atoms with E-state index < -0.39 is 5.60 Å². The topological polar surface area (TPSA) is 62.2 Å². The second-order valence-corrected chi connectivity index (χ2v) is 5.42. The van der Waals surface area contributed by atoms with Crippen molar-refractivity contribution in [3.63, 3.8) is 0 Å². The number of aromatic nitrogens is 1. The molecule has 0 saturated carbocycles. The third kappa shape index (κ3) is 3.28. The smallest absolute Gasteiger partial charge is 0.251 e. The van der Waals surface area contributed by atoms with Crippen LogP contribution in [0.3, 0.4) is 0 Å². The Balaban J connectivity index is 2.65. The van der Waals surface area contributed by atoms with E-state index in [-0.39, 0.29) is 11.9 Å². The molecule has 0 saturated heterocycles. The predicted octanol–water partition coefficient (Wildman–Crippen LogP) is 1.65. The number of carbonyl (C=O) groups excluding carboxylic acids is 1. The molecule has 1 atom stereocenters. The highest BCUT2D eigenvalue weighted by Gasteiger charge is 2.25. The largest absolute Gasteiger partial charge is 0.381 e. The molecule has 0 aliphatic rings. The molecule has 0 aliphatic heterocycles. The minimum atomic E-state index is -1.35. The molecule has 4 nitrogen and oxygen atoms in total. The maximum absolute atomic E-state index is 11.5. The van der Waals surface area contributed by atoms with Gasteiger partial charge in [-0.2, -0.15) is 0 Å². The fourth-order valence-corrected chi connectivity index (χ4v) is 1.98. The van der Waals surface area contributed by atoms with Gasteiger partial charge in [-0.05, 0) is 27.2 Å². The molecule has 1 amide bonds. The highest BCUT2D eigenvalue weighted by molar-refractivity contribution is 7.11. The van der Waals surface area contributed by atoms with Gasteiger partial charge in [0.15, 0.2) is 0 Å². The van der Waals surface area contributed by atoms with E-state index in [1.807, 2.05) is 13.1 Å². The molecule has 0 fully saturated rings. The first kappa shape index (κ1) is 13.1. The van der Waals surface area contributed by atoms with E-state index in [0.29, 0.717) is 0 Å². The maximum Gasteiger partial charge on any atom is 0.251 e. The van der Waals surface area contributed by atoms with Crippen molar-refractivity contribution in [2.45, 2.75) is 45.8 Å². The third-order valence-corrected chi connectivity index (χ3v) is 3.52. The highest BCUT2D eigenvalue weighted by Crippen LogP contribution is 2.20. The normalized spacial score (nSPS) is 13.6. The Morgan fingerprint density at radius 2 is 2.31 bits per heavy atom. The molecule has 0 spiro atoms. The van der Waals surface area contributed by atoms with Gasteiger partial charge in [0.05, 0.1) is 6.04 Å². The molecule has 2 N–H and O–H groups in total. The van der Waals surface area contributed by atoms with Crippen LogP contribution in [0.1, 0.15) is 43.6 Å². The first-order chi connectivity index (χ1) is 7.34. The van der Waals surface area contributed by atoms with Gasteiger partial charge in [-0.1, -0.05) is 6.92 Å². The molecule has 0 aliphatic carbocycles. The number of nitrogens with one attached hydrogen (secondary N) is 1. The third-order valence-electron chi connectivity index (χ3n) is 2.19. The van der Waals surface area contributed by atoms with E-state index in [0.717, 1.165) is 11.4 Å². The predicted molar refractivity (Wildman–Crippen MR) is 64.3 cm³/mol. The number of aryl methyl sites for hydroxylation is 1. The Kier molecular flexibility index (Phi) is 4.04. The Labute approximate surface area is 99.7 Å². The number of aliphatic hydroxyl groups is 1. The summed E-state index contributed by atoms with van der Waals surface area (Å²) in [5.74, 6) is -0.381. The SMILES string of the molecule is CCc1cnc(C(C)NC(=O)C(C)(C)O)s1. The summed E-state index contributed by atoms with van der Waals surface area (Å²) in [4.78, 5) is 17.0. The summed E-state index contributed by atoms with van der Waals surface area (Å²) in [5.41, 5.74) is -1.35. The van der Waals surface area contributed by atoms with Crippen LogP contribution in [0.25, 0.3) is 0 Å². The minimum Gasteiger partial charge on any atom is -0.381 e. The molecule has 5 heteroatoms. The van der Waals surface area contributed by atoms with Crippen LogP contribution >= 0.6 is 11.3 Å². The Morgan fingerprint density at radius 1 is 1.69 bits per heavy atom. The lowest BCUT2D eigenvalue weighted by molar-refractivity contribution is -0.137. The van der Waals surface area contributed by atoms with E-state index in [9.17, 15) is 9.90 Å². The number of nitrogens with zero attached hydrogens (tertiary/aromatic N) is 1. The maximum atomic E-state index is 11.5. The molecule has 1 aromatic heterocycles. The monoisotopic (exact) mass is 242 g/mol. The van der Waals surface area contributed by atoms with Gasteiger partial charge in [0.25, 0.3) is 5.91 Å². The van der Waals surface area contributed by atoms with Crippen molar-refractivity contribution in [3.05, 3.63) is 16.1 Å². The summed E-state index contributed by atoms with van der Waals surface area (Å²) in [6.07, 6.45) is 2.77. The number of hydrogen-bond acceptors (Lipinski definition) is 4. The van der Waals surface area contributed by atoms with Crippen LogP contribution < -0.4 is 5.32 Å². The van der Waals surface area contributed by atoms with E-state index in [2.05, 4.69) is 17.2 Å². The number of carbonyl (C=O) groups is 1. The van der Waals surface area contributed by atoms with Crippen LogP contribution in [0.15, 0.2) is 6.20 Å². The molecular formula is C11H18N2O2S. The molecule has 0 aromatic carbocycles. The van der Waals surface area contributed by atoms with Crippen molar-refractivity contribution in [1.82, 2.24) is 10.3 Å². The Hall–Kier alpha value is -0.940. The van der Waals surface area contributed by atoms with E-state index >= 15 is 0 Å². The highest BCUT2D eigenvalue weighted by atomic mass is 32.1. The van der Waals surface area contributed by atoms with Crippen molar-refractivity contribution < 1.29 is 9.90 Å². The van der Waals surface area contributed by atoms with Gasteiger partial charge in [0.2, 0.25) is 0 Å². The van der Waals surface area contributed by atoms with Crippen LogP contribution in [0.2, 0.25) is 0 Å². The zero-order chi connectivity index (χ0) is 12.3. The molecule has 1 unspecified atom stereocenters. The van der Waals surface area contributed by atoms with Crippen LogP contribution in [-0.4, -0.2) is 21.6 Å². The van der Waals surface area contributed by atoms with E-state index in [1.54, 1.807) is 11.3 Å². The minimum absolute atomic E-state index is 0.163. The summed E-state index contributed by atoms with van der Waals surface area (Å²) in [7, 11) is 0. The zero-order valence-electron chi connectivity index (χ0n) is 10.1. The number of thiazole rings is 1. The van der Waals surface area contributed by atoms with E-state index in [1.165, 1.54) is 18.7 Å². The average molecular weight is 242 g/mol.